The van der Waals surface area contributed by atoms with Crippen molar-refractivity contribution in [3.8, 4) is 0 Å². The molecule has 72 valence electrons. The maximum absolute atomic E-state index is 5.86. The van der Waals surface area contributed by atoms with Crippen molar-refractivity contribution in [2.45, 2.75) is 57.9 Å². The monoisotopic (exact) mass is 169 g/mol. The van der Waals surface area contributed by atoms with E-state index in [0.29, 0.717) is 0 Å². The molecule has 0 aromatic rings. The second-order valence-electron chi connectivity index (χ2n) is 4.23. The van der Waals surface area contributed by atoms with Gasteiger partial charge in [-0.15, -0.1) is 6.58 Å². The van der Waals surface area contributed by atoms with Gasteiger partial charge in [0, 0.05) is 5.54 Å². The number of hydrogen-bond donors (Lipinski definition) is 1. The summed E-state index contributed by atoms with van der Waals surface area (Å²) in [6.45, 7) is 7.89. The van der Waals surface area contributed by atoms with Gasteiger partial charge in [0.05, 0.1) is 0 Å². The molecule has 0 saturated heterocycles. The van der Waals surface area contributed by atoms with Crippen LogP contribution < -0.4 is 5.73 Å². The zero-order chi connectivity index (χ0) is 9.45. The van der Waals surface area contributed by atoms with Gasteiger partial charge in [-0.05, 0) is 33.1 Å². The molecule has 0 heterocycles. The second-order valence-corrected chi connectivity index (χ2v) is 4.23. The first-order chi connectivity index (χ1) is 5.56. The van der Waals surface area contributed by atoms with Crippen molar-refractivity contribution in [3.05, 3.63) is 12.7 Å². The second kappa shape index (κ2) is 6.24. The summed E-state index contributed by atoms with van der Waals surface area (Å²) in [6.07, 6.45) is 9.48. The lowest BCUT2D eigenvalue weighted by molar-refractivity contribution is 0.443. The maximum atomic E-state index is 5.86. The molecule has 0 amide bonds. The highest BCUT2D eigenvalue weighted by Gasteiger charge is 2.08. The van der Waals surface area contributed by atoms with Crippen LogP contribution in [0.1, 0.15) is 52.4 Å². The Labute approximate surface area is 77.0 Å². The van der Waals surface area contributed by atoms with Crippen LogP contribution in [0.25, 0.3) is 0 Å². The largest absolute Gasteiger partial charge is 0.326 e. The van der Waals surface area contributed by atoms with E-state index < -0.39 is 0 Å². The highest BCUT2D eigenvalue weighted by Crippen LogP contribution is 2.12. The van der Waals surface area contributed by atoms with E-state index in [-0.39, 0.29) is 5.54 Å². The van der Waals surface area contributed by atoms with Crippen molar-refractivity contribution < 1.29 is 0 Å². The summed E-state index contributed by atoms with van der Waals surface area (Å²) in [4.78, 5) is 0. The van der Waals surface area contributed by atoms with Crippen LogP contribution in [0.5, 0.6) is 0 Å². The average molecular weight is 169 g/mol. The van der Waals surface area contributed by atoms with Crippen molar-refractivity contribution in [1.82, 2.24) is 0 Å². The molecule has 0 aromatic heterocycles. The molecule has 0 spiro atoms. The van der Waals surface area contributed by atoms with Crippen LogP contribution in [0.15, 0.2) is 12.7 Å². The standard InChI is InChI=1S/C11H23N/c1-4-5-6-7-8-9-10-11(2,3)12/h4H,1,5-10,12H2,2-3H3. The zero-order valence-electron chi connectivity index (χ0n) is 8.60. The van der Waals surface area contributed by atoms with Crippen molar-refractivity contribution in [3.63, 3.8) is 0 Å². The Morgan fingerprint density at radius 2 is 1.75 bits per heavy atom. The smallest absolute Gasteiger partial charge is 0.00970 e. The molecule has 0 atom stereocenters. The molecule has 0 bridgehead atoms. The fraction of sp³-hybridized carbons (Fsp3) is 0.818. The Hall–Kier alpha value is -0.300. The molecule has 0 aliphatic heterocycles. The van der Waals surface area contributed by atoms with Gasteiger partial charge in [0.1, 0.15) is 0 Å². The number of allylic oxidation sites excluding steroid dienone is 1. The molecule has 0 aromatic carbocycles. The summed E-state index contributed by atoms with van der Waals surface area (Å²) in [5.74, 6) is 0. The SMILES string of the molecule is C=CCCCCCCC(C)(C)N. The van der Waals surface area contributed by atoms with Crippen molar-refractivity contribution in [2.75, 3.05) is 0 Å². The van der Waals surface area contributed by atoms with E-state index in [9.17, 15) is 0 Å². The molecule has 0 aliphatic rings. The first-order valence-corrected chi connectivity index (χ1v) is 4.96. The molecule has 0 unspecified atom stereocenters. The Balaban J connectivity index is 3.06. The lowest BCUT2D eigenvalue weighted by Crippen LogP contribution is -2.31. The molecule has 0 saturated carbocycles. The number of hydrogen-bond acceptors (Lipinski definition) is 1. The van der Waals surface area contributed by atoms with Crippen molar-refractivity contribution >= 4 is 0 Å². The maximum Gasteiger partial charge on any atom is 0.00970 e. The summed E-state index contributed by atoms with van der Waals surface area (Å²) >= 11 is 0. The predicted molar refractivity (Wildman–Crippen MR) is 56.2 cm³/mol. The van der Waals surface area contributed by atoms with Crippen LogP contribution in [0.4, 0.5) is 0 Å². The van der Waals surface area contributed by atoms with Gasteiger partial charge in [0.2, 0.25) is 0 Å². The van der Waals surface area contributed by atoms with Crippen molar-refractivity contribution in [2.24, 2.45) is 5.73 Å². The Bertz CT molecular complexity index is 111. The van der Waals surface area contributed by atoms with Crippen LogP contribution >= 0.6 is 0 Å². The third-order valence-electron chi connectivity index (χ3n) is 1.98. The highest BCUT2D eigenvalue weighted by atomic mass is 14.7. The summed E-state index contributed by atoms with van der Waals surface area (Å²) in [5, 5.41) is 0. The average Bonchev–Trinajstić information content (AvgIpc) is 1.94. The molecule has 0 radical (unpaired) electrons. The molecule has 12 heavy (non-hydrogen) atoms. The van der Waals surface area contributed by atoms with E-state index in [1.54, 1.807) is 0 Å². The van der Waals surface area contributed by atoms with Crippen LogP contribution in [-0.2, 0) is 0 Å². The first-order valence-electron chi connectivity index (χ1n) is 4.96. The molecule has 0 aliphatic carbocycles. The molecular formula is C11H23N. The van der Waals surface area contributed by atoms with Crippen LogP contribution in [0.2, 0.25) is 0 Å². The third kappa shape index (κ3) is 9.70. The van der Waals surface area contributed by atoms with Gasteiger partial charge in [-0.1, -0.05) is 25.3 Å². The van der Waals surface area contributed by atoms with Gasteiger partial charge >= 0.3 is 0 Å². The van der Waals surface area contributed by atoms with Gasteiger partial charge in [-0.2, -0.15) is 0 Å². The minimum atomic E-state index is 0.0262. The summed E-state index contributed by atoms with van der Waals surface area (Å²) in [6, 6.07) is 0. The fourth-order valence-corrected chi connectivity index (χ4v) is 1.22. The molecular weight excluding hydrogens is 146 g/mol. The van der Waals surface area contributed by atoms with Gasteiger partial charge in [-0.3, -0.25) is 0 Å². The van der Waals surface area contributed by atoms with Gasteiger partial charge < -0.3 is 5.73 Å². The highest BCUT2D eigenvalue weighted by molar-refractivity contribution is 4.71. The van der Waals surface area contributed by atoms with E-state index >= 15 is 0 Å². The van der Waals surface area contributed by atoms with E-state index in [0.717, 1.165) is 12.8 Å². The Kier molecular flexibility index (Phi) is 6.09. The minimum Gasteiger partial charge on any atom is -0.326 e. The van der Waals surface area contributed by atoms with Crippen LogP contribution in [0.3, 0.4) is 0 Å². The summed E-state index contributed by atoms with van der Waals surface area (Å²) in [7, 11) is 0. The zero-order valence-corrected chi connectivity index (χ0v) is 8.60. The molecule has 2 N–H and O–H groups in total. The van der Waals surface area contributed by atoms with Crippen molar-refractivity contribution in [1.29, 1.82) is 0 Å². The lowest BCUT2D eigenvalue weighted by Gasteiger charge is -2.17. The minimum absolute atomic E-state index is 0.0262. The number of nitrogens with two attached hydrogens (primary N) is 1. The van der Waals surface area contributed by atoms with Gasteiger partial charge in [0.15, 0.2) is 0 Å². The van der Waals surface area contributed by atoms with E-state index in [4.69, 9.17) is 5.73 Å². The van der Waals surface area contributed by atoms with E-state index in [1.807, 2.05) is 6.08 Å². The van der Waals surface area contributed by atoms with Gasteiger partial charge in [-0.25, -0.2) is 0 Å². The van der Waals surface area contributed by atoms with Gasteiger partial charge in [0.25, 0.3) is 0 Å². The molecule has 1 heteroatoms. The molecule has 0 fully saturated rings. The Morgan fingerprint density at radius 3 is 2.25 bits per heavy atom. The molecule has 0 rings (SSSR count). The van der Waals surface area contributed by atoms with E-state index in [1.165, 1.54) is 25.7 Å². The number of rotatable bonds is 7. The third-order valence-corrected chi connectivity index (χ3v) is 1.98. The van der Waals surface area contributed by atoms with Crippen LogP contribution in [-0.4, -0.2) is 5.54 Å². The normalized spacial score (nSPS) is 11.6. The first kappa shape index (κ1) is 11.7. The molecule has 1 nitrogen and oxygen atoms in total. The number of unbranched alkanes of at least 4 members (excludes halogenated alkanes) is 4. The topological polar surface area (TPSA) is 26.0 Å². The van der Waals surface area contributed by atoms with E-state index in [2.05, 4.69) is 20.4 Å². The van der Waals surface area contributed by atoms with Crippen LogP contribution in [0, 0.1) is 0 Å². The fourth-order valence-electron chi connectivity index (χ4n) is 1.22. The Morgan fingerprint density at radius 1 is 1.17 bits per heavy atom. The predicted octanol–water partition coefficient (Wildman–Crippen LogP) is 3.25. The summed E-state index contributed by atoms with van der Waals surface area (Å²) < 4.78 is 0. The lowest BCUT2D eigenvalue weighted by atomic mass is 9.97. The quantitative estimate of drug-likeness (QED) is 0.459. The summed E-state index contributed by atoms with van der Waals surface area (Å²) in [5.41, 5.74) is 5.89.